The molecule has 0 aromatic carbocycles. The second-order valence-electron chi connectivity index (χ2n) is 5.58. The third-order valence-corrected chi connectivity index (χ3v) is 5.48. The minimum atomic E-state index is -3.78. The highest BCUT2D eigenvalue weighted by molar-refractivity contribution is 7.92. The number of anilines is 1. The molecule has 0 spiro atoms. The van der Waals surface area contributed by atoms with Gasteiger partial charge in [0, 0.05) is 12.0 Å². The highest BCUT2D eigenvalue weighted by atomic mass is 32.2. The molecule has 1 saturated carbocycles. The second-order valence-corrected chi connectivity index (χ2v) is 7.90. The van der Waals surface area contributed by atoms with Crippen molar-refractivity contribution in [3.8, 4) is 0 Å². The number of hydrogen-bond acceptors (Lipinski definition) is 8. The first-order valence-corrected chi connectivity index (χ1v) is 8.85. The Labute approximate surface area is 132 Å². The van der Waals surface area contributed by atoms with Gasteiger partial charge < -0.3 is 14.4 Å². The van der Waals surface area contributed by atoms with Crippen LogP contribution in [-0.2, 0) is 20.4 Å². The molecule has 1 aliphatic rings. The van der Waals surface area contributed by atoms with Crippen molar-refractivity contribution in [3.63, 3.8) is 0 Å². The number of carbonyl (C=O) groups is 1. The van der Waals surface area contributed by atoms with Gasteiger partial charge in [-0.05, 0) is 26.7 Å². The summed E-state index contributed by atoms with van der Waals surface area (Å²) in [5.41, 5.74) is 0. The van der Waals surface area contributed by atoms with Crippen LogP contribution in [0.2, 0.25) is 0 Å². The molecule has 2 heterocycles. The summed E-state index contributed by atoms with van der Waals surface area (Å²) >= 11 is 0. The lowest BCUT2D eigenvalue weighted by molar-refractivity contribution is -0.115. The van der Waals surface area contributed by atoms with Crippen LogP contribution in [0, 0.1) is 6.92 Å². The third kappa shape index (κ3) is 3.58. The quantitative estimate of drug-likeness (QED) is 0.830. The maximum Gasteiger partial charge on any atom is 0.243 e. The van der Waals surface area contributed by atoms with Crippen molar-refractivity contribution in [3.05, 3.63) is 23.5 Å². The molecule has 1 aliphatic carbocycles. The molecule has 0 unspecified atom stereocenters. The number of nitrogens with zero attached hydrogens (tertiary/aromatic N) is 3. The number of hydrogen-bond donors (Lipinski definition) is 1. The van der Waals surface area contributed by atoms with Gasteiger partial charge in [0.05, 0.1) is 0 Å². The van der Waals surface area contributed by atoms with Crippen LogP contribution >= 0.6 is 0 Å². The van der Waals surface area contributed by atoms with E-state index in [1.54, 1.807) is 6.92 Å². The summed E-state index contributed by atoms with van der Waals surface area (Å²) in [7, 11) is -3.78. The molecule has 9 nitrogen and oxygen atoms in total. The first-order chi connectivity index (χ1) is 10.8. The van der Waals surface area contributed by atoms with Crippen LogP contribution in [0.5, 0.6) is 0 Å². The molecule has 0 radical (unpaired) electrons. The van der Waals surface area contributed by atoms with Crippen LogP contribution in [0.25, 0.3) is 0 Å². The molecule has 23 heavy (non-hydrogen) atoms. The predicted molar refractivity (Wildman–Crippen MR) is 78.2 cm³/mol. The average Bonchev–Trinajstić information content (AvgIpc) is 3.11. The molecule has 2 aromatic heterocycles. The zero-order chi connectivity index (χ0) is 16.6. The fourth-order valence-corrected chi connectivity index (χ4v) is 3.04. The summed E-state index contributed by atoms with van der Waals surface area (Å²) in [6, 6.07) is 1.50. The maximum atomic E-state index is 12.3. The third-order valence-electron chi connectivity index (χ3n) is 3.54. The maximum absolute atomic E-state index is 12.3. The van der Waals surface area contributed by atoms with E-state index in [0.29, 0.717) is 11.6 Å². The minimum absolute atomic E-state index is 0.00355. The zero-order valence-electron chi connectivity index (χ0n) is 12.6. The number of aryl methyl sites for hydroxylation is 1. The fraction of sp³-hybridized carbons (Fsp3) is 0.538. The topological polar surface area (TPSA) is 128 Å². The Morgan fingerprint density at radius 1 is 1.39 bits per heavy atom. The van der Waals surface area contributed by atoms with E-state index in [2.05, 4.69) is 20.6 Å². The van der Waals surface area contributed by atoms with Gasteiger partial charge in [-0.3, -0.25) is 4.79 Å². The van der Waals surface area contributed by atoms with E-state index >= 15 is 0 Å². The van der Waals surface area contributed by atoms with Gasteiger partial charge in [0.1, 0.15) is 16.8 Å². The second kappa shape index (κ2) is 5.76. The Morgan fingerprint density at radius 2 is 2.13 bits per heavy atom. The number of rotatable bonds is 6. The minimum Gasteiger partial charge on any atom is -0.360 e. The summed E-state index contributed by atoms with van der Waals surface area (Å²) < 4.78 is 34.4. The monoisotopic (exact) mass is 340 g/mol. The van der Waals surface area contributed by atoms with E-state index in [-0.39, 0.29) is 17.6 Å². The molecule has 0 aliphatic heterocycles. The Balaban J connectivity index is 1.66. The van der Waals surface area contributed by atoms with Crippen LogP contribution in [0.1, 0.15) is 43.2 Å². The standard InChI is InChI=1S/C13H16N4O5S/c1-7-5-10(16-21-7)14-13(18)8(2)23(19,20)6-11-15-12(17-22-11)9-3-4-9/h5,8-9H,3-4,6H2,1-2H3,(H,14,16,18)/t8-/m0/s1. The molecule has 0 saturated heterocycles. The first-order valence-electron chi connectivity index (χ1n) is 7.13. The van der Waals surface area contributed by atoms with Crippen molar-refractivity contribution < 1.29 is 22.3 Å². The van der Waals surface area contributed by atoms with E-state index in [1.807, 2.05) is 0 Å². The lowest BCUT2D eigenvalue weighted by Gasteiger charge is -2.10. The highest BCUT2D eigenvalue weighted by Crippen LogP contribution is 2.38. The lowest BCUT2D eigenvalue weighted by Crippen LogP contribution is -2.33. The van der Waals surface area contributed by atoms with Gasteiger partial charge in [-0.2, -0.15) is 4.98 Å². The number of nitrogens with one attached hydrogen (secondary N) is 1. The summed E-state index contributed by atoms with van der Waals surface area (Å²) in [5, 5.41) is 8.47. The Kier molecular flexibility index (Phi) is 3.92. The number of carbonyl (C=O) groups excluding carboxylic acids is 1. The normalized spacial score (nSPS) is 16.3. The van der Waals surface area contributed by atoms with Crippen molar-refractivity contribution in [2.24, 2.45) is 0 Å². The molecule has 0 bridgehead atoms. The van der Waals surface area contributed by atoms with E-state index in [4.69, 9.17) is 9.05 Å². The van der Waals surface area contributed by atoms with Crippen LogP contribution < -0.4 is 5.32 Å². The number of aromatic nitrogens is 3. The van der Waals surface area contributed by atoms with E-state index < -0.39 is 26.7 Å². The van der Waals surface area contributed by atoms with Gasteiger partial charge in [-0.25, -0.2) is 8.42 Å². The largest absolute Gasteiger partial charge is 0.360 e. The molecular weight excluding hydrogens is 324 g/mol. The zero-order valence-corrected chi connectivity index (χ0v) is 13.5. The predicted octanol–water partition coefficient (Wildman–Crippen LogP) is 1.19. The Bertz CT molecular complexity index is 821. The van der Waals surface area contributed by atoms with E-state index in [9.17, 15) is 13.2 Å². The van der Waals surface area contributed by atoms with Gasteiger partial charge in [0.2, 0.25) is 11.8 Å². The molecule has 10 heteroatoms. The van der Waals surface area contributed by atoms with Crippen molar-refractivity contribution in [1.82, 2.24) is 15.3 Å². The fourth-order valence-electron chi connectivity index (χ4n) is 1.95. The molecule has 1 amide bonds. The molecule has 2 aromatic rings. The Morgan fingerprint density at radius 3 is 2.74 bits per heavy atom. The van der Waals surface area contributed by atoms with Crippen molar-refractivity contribution in [2.45, 2.75) is 43.6 Å². The van der Waals surface area contributed by atoms with E-state index in [1.165, 1.54) is 13.0 Å². The van der Waals surface area contributed by atoms with Crippen LogP contribution in [0.15, 0.2) is 15.1 Å². The molecule has 1 fully saturated rings. The van der Waals surface area contributed by atoms with E-state index in [0.717, 1.165) is 12.8 Å². The molecule has 1 atom stereocenters. The summed E-state index contributed by atoms with van der Waals surface area (Å²) in [5.74, 6) is 0.317. The smallest absolute Gasteiger partial charge is 0.243 e. The summed E-state index contributed by atoms with van der Waals surface area (Å²) in [6.45, 7) is 2.96. The Hall–Kier alpha value is -2.23. The molecule has 3 rings (SSSR count). The first kappa shape index (κ1) is 15.7. The molecule has 1 N–H and O–H groups in total. The van der Waals surface area contributed by atoms with Crippen LogP contribution in [0.4, 0.5) is 5.82 Å². The molecular formula is C13H16N4O5S. The van der Waals surface area contributed by atoms with Crippen LogP contribution in [-0.4, -0.2) is 34.9 Å². The SMILES string of the molecule is Cc1cc(NC(=O)[C@H](C)S(=O)(=O)Cc2nc(C3CC3)no2)no1. The van der Waals surface area contributed by atoms with Crippen molar-refractivity contribution >= 4 is 21.6 Å². The van der Waals surface area contributed by atoms with Gasteiger partial charge in [0.15, 0.2) is 21.5 Å². The van der Waals surface area contributed by atoms with Crippen molar-refractivity contribution in [2.75, 3.05) is 5.32 Å². The number of sulfone groups is 1. The van der Waals surface area contributed by atoms with Gasteiger partial charge in [-0.1, -0.05) is 10.3 Å². The summed E-state index contributed by atoms with van der Waals surface area (Å²) in [4.78, 5) is 16.1. The number of amides is 1. The molecule has 124 valence electrons. The summed E-state index contributed by atoms with van der Waals surface area (Å²) in [6.07, 6.45) is 1.98. The van der Waals surface area contributed by atoms with Crippen molar-refractivity contribution in [1.29, 1.82) is 0 Å². The average molecular weight is 340 g/mol. The lowest BCUT2D eigenvalue weighted by atomic mass is 10.4. The van der Waals surface area contributed by atoms with Gasteiger partial charge in [-0.15, -0.1) is 0 Å². The highest BCUT2D eigenvalue weighted by Gasteiger charge is 2.33. The van der Waals surface area contributed by atoms with Crippen LogP contribution in [0.3, 0.4) is 0 Å². The van der Waals surface area contributed by atoms with Gasteiger partial charge >= 0.3 is 0 Å². The van der Waals surface area contributed by atoms with Gasteiger partial charge in [0.25, 0.3) is 0 Å².